The van der Waals surface area contributed by atoms with Gasteiger partial charge in [0.1, 0.15) is 12.2 Å². The largest absolute Gasteiger partial charge is 0.386 e. The van der Waals surface area contributed by atoms with Crippen molar-refractivity contribution in [3.63, 3.8) is 0 Å². The van der Waals surface area contributed by atoms with Crippen LogP contribution in [-0.4, -0.2) is 22.1 Å². The first kappa shape index (κ1) is 13.9. The Labute approximate surface area is 138 Å². The van der Waals surface area contributed by atoms with E-state index in [1.807, 2.05) is 31.2 Å². The van der Waals surface area contributed by atoms with Crippen LogP contribution in [0.2, 0.25) is 0 Å². The summed E-state index contributed by atoms with van der Waals surface area (Å²) in [4.78, 5) is 12.5. The van der Waals surface area contributed by atoms with E-state index in [2.05, 4.69) is 12.1 Å². The summed E-state index contributed by atoms with van der Waals surface area (Å²) in [5, 5.41) is 24.4. The number of rotatable bonds is 0. The third kappa shape index (κ3) is 1.61. The number of benzene rings is 3. The van der Waals surface area contributed by atoms with Crippen LogP contribution < -0.4 is 0 Å². The molecule has 3 aromatic rings. The van der Waals surface area contributed by atoms with E-state index in [1.54, 1.807) is 6.08 Å². The first-order valence-electron chi connectivity index (χ1n) is 8.15. The van der Waals surface area contributed by atoms with Gasteiger partial charge in [0.25, 0.3) is 0 Å². The zero-order chi connectivity index (χ0) is 16.6. The number of hydrogen-bond donors (Lipinski definition) is 2. The molecular weight excluding hydrogens is 300 g/mol. The van der Waals surface area contributed by atoms with Gasteiger partial charge in [-0.05, 0) is 56.8 Å². The van der Waals surface area contributed by atoms with Gasteiger partial charge < -0.3 is 10.2 Å². The normalized spacial score (nSPS) is 21.7. The Bertz CT molecular complexity index is 1090. The van der Waals surface area contributed by atoms with E-state index in [4.69, 9.17) is 0 Å². The maximum atomic E-state index is 12.5. The van der Waals surface area contributed by atoms with Crippen LogP contribution in [0, 0.1) is 6.92 Å². The van der Waals surface area contributed by atoms with E-state index in [0.29, 0.717) is 6.42 Å². The molecule has 5 rings (SSSR count). The summed E-state index contributed by atoms with van der Waals surface area (Å²) >= 11 is 0. The summed E-state index contributed by atoms with van der Waals surface area (Å²) in [6.45, 7) is 1.99. The van der Waals surface area contributed by atoms with Gasteiger partial charge in [-0.25, -0.2) is 0 Å². The molecular formula is C21H16O3. The fourth-order valence-electron chi connectivity index (χ4n) is 4.25. The Kier molecular flexibility index (Phi) is 2.62. The molecule has 24 heavy (non-hydrogen) atoms. The predicted octanol–water partition coefficient (Wildman–Crippen LogP) is 3.46. The molecule has 0 aromatic heterocycles. The minimum Gasteiger partial charge on any atom is -0.386 e. The third-order valence-electron chi connectivity index (χ3n) is 5.41. The lowest BCUT2D eigenvalue weighted by molar-refractivity contribution is 0.0471. The van der Waals surface area contributed by atoms with Gasteiger partial charge >= 0.3 is 0 Å². The Morgan fingerprint density at radius 2 is 1.92 bits per heavy atom. The van der Waals surface area contributed by atoms with Crippen molar-refractivity contribution in [2.24, 2.45) is 0 Å². The Morgan fingerprint density at radius 3 is 2.75 bits per heavy atom. The molecule has 0 amide bonds. The predicted molar refractivity (Wildman–Crippen MR) is 94.2 cm³/mol. The number of aryl methyl sites for hydroxylation is 1. The molecule has 0 aliphatic heterocycles. The topological polar surface area (TPSA) is 57.5 Å². The van der Waals surface area contributed by atoms with Crippen molar-refractivity contribution in [3.8, 4) is 0 Å². The number of ketones is 1. The van der Waals surface area contributed by atoms with Gasteiger partial charge in [0, 0.05) is 12.0 Å². The van der Waals surface area contributed by atoms with Gasteiger partial charge in [0.2, 0.25) is 0 Å². The van der Waals surface area contributed by atoms with E-state index in [-0.39, 0.29) is 5.78 Å². The molecule has 2 aliphatic rings. The number of aliphatic hydroxyl groups is 2. The fraction of sp³-hybridized carbons (Fsp3) is 0.190. The quantitative estimate of drug-likeness (QED) is 0.625. The highest BCUT2D eigenvalue weighted by Gasteiger charge is 2.28. The molecule has 2 unspecified atom stereocenters. The van der Waals surface area contributed by atoms with Gasteiger partial charge in [-0.2, -0.15) is 0 Å². The number of Topliss-reactive ketones (excluding diaryl/α,β-unsaturated/α-hetero) is 1. The highest BCUT2D eigenvalue weighted by atomic mass is 16.3. The Balaban J connectivity index is 1.95. The smallest absolute Gasteiger partial charge is 0.168 e. The lowest BCUT2D eigenvalue weighted by Gasteiger charge is -2.23. The lowest BCUT2D eigenvalue weighted by Crippen LogP contribution is -2.19. The molecule has 0 bridgehead atoms. The van der Waals surface area contributed by atoms with E-state index < -0.39 is 12.2 Å². The minimum atomic E-state index is -0.908. The second kappa shape index (κ2) is 4.53. The van der Waals surface area contributed by atoms with Gasteiger partial charge in [-0.15, -0.1) is 0 Å². The first-order valence-corrected chi connectivity index (χ1v) is 8.15. The van der Waals surface area contributed by atoms with E-state index in [0.717, 1.165) is 49.4 Å². The maximum absolute atomic E-state index is 12.5. The van der Waals surface area contributed by atoms with Crippen LogP contribution in [0.5, 0.6) is 0 Å². The van der Waals surface area contributed by atoms with Crippen LogP contribution in [0.3, 0.4) is 0 Å². The molecule has 118 valence electrons. The average molecular weight is 316 g/mol. The summed E-state index contributed by atoms with van der Waals surface area (Å²) in [7, 11) is 0. The second-order valence-electron chi connectivity index (χ2n) is 6.77. The number of carbonyl (C=O) groups is 1. The summed E-state index contributed by atoms with van der Waals surface area (Å²) < 4.78 is 0. The summed E-state index contributed by atoms with van der Waals surface area (Å²) in [6, 6.07) is 10.0. The first-order chi connectivity index (χ1) is 11.6. The van der Waals surface area contributed by atoms with E-state index in [1.165, 1.54) is 0 Å². The van der Waals surface area contributed by atoms with Crippen molar-refractivity contribution in [2.75, 3.05) is 0 Å². The van der Waals surface area contributed by atoms with Crippen LogP contribution in [0.25, 0.3) is 27.6 Å². The maximum Gasteiger partial charge on any atom is 0.168 e. The zero-order valence-electron chi connectivity index (χ0n) is 13.2. The molecule has 0 fully saturated rings. The molecule has 0 radical (unpaired) electrons. The van der Waals surface area contributed by atoms with Gasteiger partial charge in [-0.3, -0.25) is 4.79 Å². The van der Waals surface area contributed by atoms with Gasteiger partial charge in [0.15, 0.2) is 5.78 Å². The number of hydrogen-bond acceptors (Lipinski definition) is 3. The zero-order valence-corrected chi connectivity index (χ0v) is 13.2. The third-order valence-corrected chi connectivity index (χ3v) is 5.41. The minimum absolute atomic E-state index is 0.185. The highest BCUT2D eigenvalue weighted by molar-refractivity contribution is 6.21. The molecule has 0 saturated heterocycles. The van der Waals surface area contributed by atoms with E-state index in [9.17, 15) is 15.0 Å². The second-order valence-corrected chi connectivity index (χ2v) is 6.77. The number of aliphatic hydroxyl groups excluding tert-OH is 2. The fourth-order valence-corrected chi connectivity index (χ4v) is 4.25. The number of carbonyl (C=O) groups excluding carboxylic acids is 1. The van der Waals surface area contributed by atoms with Crippen molar-refractivity contribution in [3.05, 3.63) is 64.2 Å². The molecule has 3 heteroatoms. The molecule has 3 nitrogen and oxygen atoms in total. The van der Waals surface area contributed by atoms with Crippen LogP contribution in [0.4, 0.5) is 0 Å². The van der Waals surface area contributed by atoms with Crippen molar-refractivity contribution in [1.29, 1.82) is 0 Å². The van der Waals surface area contributed by atoms with Crippen molar-refractivity contribution in [2.45, 2.75) is 25.6 Å². The standard InChI is InChI=1S/C21H16O3/c1-10-2-3-11-8-15-12-6-7-17(22)21(24)14(12)5-4-13(15)16-9-18(23)19(10)20(11)16/h2-8,17,21-22,24H,9H2,1H3. The molecule has 0 heterocycles. The SMILES string of the molecule is Cc1ccc2cc3c4c(ccc3c3c2c1C(=O)C3)C(O)C(O)C=C4. The van der Waals surface area contributed by atoms with Crippen molar-refractivity contribution in [1.82, 2.24) is 0 Å². The van der Waals surface area contributed by atoms with Gasteiger partial charge in [-0.1, -0.05) is 36.4 Å². The van der Waals surface area contributed by atoms with Crippen LogP contribution in [0.15, 0.2) is 36.4 Å². The molecule has 3 aromatic carbocycles. The van der Waals surface area contributed by atoms with Crippen molar-refractivity contribution >= 4 is 33.4 Å². The lowest BCUT2D eigenvalue weighted by atomic mass is 9.86. The highest BCUT2D eigenvalue weighted by Crippen LogP contribution is 2.41. The monoisotopic (exact) mass is 316 g/mol. The van der Waals surface area contributed by atoms with E-state index >= 15 is 0 Å². The Morgan fingerprint density at radius 1 is 1.08 bits per heavy atom. The van der Waals surface area contributed by atoms with Gasteiger partial charge in [0.05, 0.1) is 0 Å². The Hall–Kier alpha value is -2.49. The van der Waals surface area contributed by atoms with Crippen molar-refractivity contribution < 1.29 is 15.0 Å². The molecule has 0 spiro atoms. The average Bonchev–Trinajstić information content (AvgIpc) is 2.93. The number of fused-ring (bicyclic) bond motifs is 4. The summed E-state index contributed by atoms with van der Waals surface area (Å²) in [6.07, 6.45) is 2.15. The van der Waals surface area contributed by atoms with Crippen LogP contribution in [0.1, 0.15) is 38.7 Å². The summed E-state index contributed by atoms with van der Waals surface area (Å²) in [5.41, 5.74) is 4.64. The van der Waals surface area contributed by atoms with Crippen LogP contribution >= 0.6 is 0 Å². The van der Waals surface area contributed by atoms with Crippen LogP contribution in [-0.2, 0) is 6.42 Å². The summed E-state index contributed by atoms with van der Waals surface area (Å²) in [5.74, 6) is 0.185. The molecule has 2 aliphatic carbocycles. The molecule has 2 atom stereocenters. The molecule has 2 N–H and O–H groups in total. The molecule has 0 saturated carbocycles.